The number of aliphatic hydroxyl groups is 2. The number of thiophene rings is 1. The Morgan fingerprint density at radius 2 is 2.10 bits per heavy atom. The molecule has 6 heteroatoms. The molecule has 164 valence electrons. The number of ketones is 1. The molecule has 1 aromatic carbocycles. The smallest absolute Gasteiger partial charge is 0.303 e. The van der Waals surface area contributed by atoms with Crippen LogP contribution in [-0.4, -0.2) is 39.3 Å². The highest BCUT2D eigenvalue weighted by Gasteiger charge is 2.35. The van der Waals surface area contributed by atoms with E-state index in [1.165, 1.54) is 4.70 Å². The van der Waals surface area contributed by atoms with E-state index >= 15 is 0 Å². The number of Topliss-reactive ketones (excluding diaryl/α,β-unsaturated/α-hetero) is 1. The number of carbonyl (C=O) groups is 2. The van der Waals surface area contributed by atoms with Crippen LogP contribution in [0.2, 0.25) is 0 Å². The lowest BCUT2D eigenvalue weighted by molar-refractivity contribution is -0.137. The number of aliphatic carboxylic acids is 1. The van der Waals surface area contributed by atoms with Crippen LogP contribution in [0.3, 0.4) is 0 Å². The SMILES string of the molecule is O=C(O)CCCC#CC[C@H]1C(=O)CC[C@@H](O)[C@H]1C=CC(O)Cc1csc2ccccc12. The van der Waals surface area contributed by atoms with Crippen LogP contribution in [0, 0.1) is 23.7 Å². The number of carbonyl (C=O) groups excluding carboxylic acids is 1. The standard InChI is InChI=1S/C25H28O5S/c26-18(15-17-16-31-24-9-6-5-7-19(17)24)11-12-21-20(22(27)13-14-23(21)28)8-3-1-2-4-10-25(29)30/h5-7,9,11-12,16,18,20-21,23,26,28H,2,4,8,10,13-15H2,(H,29,30)/t18?,20-,21+,23-/m1/s1. The number of carboxylic acid groups (broad SMARTS) is 1. The average molecular weight is 441 g/mol. The van der Waals surface area contributed by atoms with Gasteiger partial charge in [0.15, 0.2) is 0 Å². The molecule has 0 radical (unpaired) electrons. The molecule has 1 aromatic heterocycles. The van der Waals surface area contributed by atoms with Gasteiger partial charge in [-0.05, 0) is 35.2 Å². The quantitative estimate of drug-likeness (QED) is 0.328. The predicted molar refractivity (Wildman–Crippen MR) is 122 cm³/mol. The number of unbranched alkanes of at least 4 members (excludes halogenated alkanes) is 1. The summed E-state index contributed by atoms with van der Waals surface area (Å²) < 4.78 is 1.18. The van der Waals surface area contributed by atoms with Crippen molar-refractivity contribution in [3.8, 4) is 11.8 Å². The van der Waals surface area contributed by atoms with Crippen LogP contribution in [-0.2, 0) is 16.0 Å². The van der Waals surface area contributed by atoms with Crippen molar-refractivity contribution in [2.75, 3.05) is 0 Å². The van der Waals surface area contributed by atoms with E-state index in [0.717, 1.165) is 10.9 Å². The zero-order chi connectivity index (χ0) is 22.2. The molecule has 1 aliphatic rings. The van der Waals surface area contributed by atoms with Crippen molar-refractivity contribution in [1.29, 1.82) is 0 Å². The third-order valence-corrected chi connectivity index (χ3v) is 6.71. The van der Waals surface area contributed by atoms with Gasteiger partial charge in [0.1, 0.15) is 5.78 Å². The second-order valence-corrected chi connectivity index (χ2v) is 8.89. The monoisotopic (exact) mass is 440 g/mol. The maximum absolute atomic E-state index is 12.5. The molecular formula is C25H28O5S. The molecule has 1 unspecified atom stereocenters. The van der Waals surface area contributed by atoms with E-state index in [4.69, 9.17) is 5.11 Å². The highest BCUT2D eigenvalue weighted by Crippen LogP contribution is 2.32. The van der Waals surface area contributed by atoms with Crippen LogP contribution in [0.15, 0.2) is 41.8 Å². The zero-order valence-corrected chi connectivity index (χ0v) is 18.2. The van der Waals surface area contributed by atoms with E-state index < -0.39 is 24.1 Å². The first-order valence-electron chi connectivity index (χ1n) is 10.7. The molecule has 3 N–H and O–H groups in total. The topological polar surface area (TPSA) is 94.8 Å². The molecule has 0 saturated heterocycles. The van der Waals surface area contributed by atoms with Gasteiger partial charge in [-0.3, -0.25) is 9.59 Å². The lowest BCUT2D eigenvalue weighted by Crippen LogP contribution is -2.37. The lowest BCUT2D eigenvalue weighted by Gasteiger charge is -2.31. The summed E-state index contributed by atoms with van der Waals surface area (Å²) in [4.78, 5) is 23.0. The fourth-order valence-electron chi connectivity index (χ4n) is 4.00. The molecule has 4 atom stereocenters. The van der Waals surface area contributed by atoms with Crippen LogP contribution in [0.25, 0.3) is 10.1 Å². The molecule has 2 aromatic rings. The number of hydrogen-bond donors (Lipinski definition) is 3. The molecule has 3 rings (SSSR count). The van der Waals surface area contributed by atoms with E-state index in [0.29, 0.717) is 38.5 Å². The van der Waals surface area contributed by atoms with Gasteiger partial charge in [0.2, 0.25) is 0 Å². The average Bonchev–Trinajstić information content (AvgIpc) is 3.14. The van der Waals surface area contributed by atoms with Gasteiger partial charge in [-0.15, -0.1) is 23.2 Å². The summed E-state index contributed by atoms with van der Waals surface area (Å²) in [5.41, 5.74) is 1.08. The summed E-state index contributed by atoms with van der Waals surface area (Å²) in [7, 11) is 0. The van der Waals surface area contributed by atoms with Crippen LogP contribution in [0.5, 0.6) is 0 Å². The summed E-state index contributed by atoms with van der Waals surface area (Å²) in [6.07, 6.45) is 4.73. The minimum Gasteiger partial charge on any atom is -0.481 e. The highest BCUT2D eigenvalue weighted by molar-refractivity contribution is 7.17. The van der Waals surface area contributed by atoms with Crippen LogP contribution in [0.4, 0.5) is 0 Å². The lowest BCUT2D eigenvalue weighted by atomic mass is 9.74. The van der Waals surface area contributed by atoms with Crippen molar-refractivity contribution in [3.05, 3.63) is 47.4 Å². The van der Waals surface area contributed by atoms with Crippen molar-refractivity contribution in [2.24, 2.45) is 11.8 Å². The minimum atomic E-state index is -0.841. The van der Waals surface area contributed by atoms with Gasteiger partial charge in [-0.2, -0.15) is 0 Å². The first kappa shape index (κ1) is 23.2. The van der Waals surface area contributed by atoms with Gasteiger partial charge >= 0.3 is 5.97 Å². The van der Waals surface area contributed by atoms with Gasteiger partial charge < -0.3 is 15.3 Å². The summed E-state index contributed by atoms with van der Waals surface area (Å²) in [6.45, 7) is 0. The number of fused-ring (bicyclic) bond motifs is 1. The van der Waals surface area contributed by atoms with E-state index in [1.807, 2.05) is 18.2 Å². The Hall–Kier alpha value is -2.46. The minimum absolute atomic E-state index is 0.0816. The fraction of sp³-hybridized carbons (Fsp3) is 0.440. The molecule has 1 heterocycles. The van der Waals surface area contributed by atoms with Gasteiger partial charge in [0.25, 0.3) is 0 Å². The van der Waals surface area contributed by atoms with Gasteiger partial charge in [0.05, 0.1) is 12.2 Å². The molecule has 0 aliphatic heterocycles. The maximum atomic E-state index is 12.5. The fourth-order valence-corrected chi connectivity index (χ4v) is 4.98. The molecule has 5 nitrogen and oxygen atoms in total. The van der Waals surface area contributed by atoms with Gasteiger partial charge in [-0.25, -0.2) is 0 Å². The van der Waals surface area contributed by atoms with Gasteiger partial charge in [-0.1, -0.05) is 30.4 Å². The number of benzene rings is 1. The van der Waals surface area contributed by atoms with E-state index in [9.17, 15) is 19.8 Å². The number of carboxylic acids is 1. The Morgan fingerprint density at radius 3 is 2.90 bits per heavy atom. The third kappa shape index (κ3) is 6.51. The Bertz CT molecular complexity index is 996. The van der Waals surface area contributed by atoms with E-state index in [2.05, 4.69) is 23.3 Å². The number of rotatable bonds is 8. The predicted octanol–water partition coefficient (Wildman–Crippen LogP) is 3.97. The Kier molecular flexibility index (Phi) is 8.42. The molecule has 1 aliphatic carbocycles. The molecule has 31 heavy (non-hydrogen) atoms. The Balaban J connectivity index is 1.62. The maximum Gasteiger partial charge on any atom is 0.303 e. The van der Waals surface area contributed by atoms with Crippen molar-refractivity contribution in [1.82, 2.24) is 0 Å². The third-order valence-electron chi connectivity index (χ3n) is 5.69. The molecular weight excluding hydrogens is 412 g/mol. The Morgan fingerprint density at radius 1 is 1.29 bits per heavy atom. The molecule has 1 saturated carbocycles. The van der Waals surface area contributed by atoms with E-state index in [-0.39, 0.29) is 18.1 Å². The van der Waals surface area contributed by atoms with Crippen molar-refractivity contribution in [2.45, 2.75) is 57.2 Å². The van der Waals surface area contributed by atoms with Crippen molar-refractivity contribution < 1.29 is 24.9 Å². The second kappa shape index (κ2) is 11.2. The second-order valence-electron chi connectivity index (χ2n) is 7.97. The normalized spacial score (nSPS) is 22.4. The van der Waals surface area contributed by atoms with Gasteiger partial charge in [0, 0.05) is 48.6 Å². The highest BCUT2D eigenvalue weighted by atomic mass is 32.1. The zero-order valence-electron chi connectivity index (χ0n) is 17.4. The van der Waals surface area contributed by atoms with E-state index in [1.54, 1.807) is 23.5 Å². The summed E-state index contributed by atoms with van der Waals surface area (Å²) in [5.74, 6) is 4.39. The molecule has 0 bridgehead atoms. The number of aliphatic hydroxyl groups excluding tert-OH is 2. The molecule has 1 fully saturated rings. The van der Waals surface area contributed by atoms with Crippen molar-refractivity contribution in [3.63, 3.8) is 0 Å². The van der Waals surface area contributed by atoms with Crippen LogP contribution >= 0.6 is 11.3 Å². The molecule has 0 spiro atoms. The first-order chi connectivity index (χ1) is 15.0. The summed E-state index contributed by atoms with van der Waals surface area (Å²) >= 11 is 1.65. The summed E-state index contributed by atoms with van der Waals surface area (Å²) in [6, 6.07) is 8.09. The Labute approximate surface area is 186 Å². The number of hydrogen-bond acceptors (Lipinski definition) is 5. The van der Waals surface area contributed by atoms with Crippen molar-refractivity contribution >= 4 is 33.2 Å². The summed E-state index contributed by atoms with van der Waals surface area (Å²) in [5, 5.41) is 32.9. The first-order valence-corrected chi connectivity index (χ1v) is 11.5. The van der Waals surface area contributed by atoms with Crippen LogP contribution in [0.1, 0.15) is 44.1 Å². The van der Waals surface area contributed by atoms with Crippen LogP contribution < -0.4 is 0 Å². The largest absolute Gasteiger partial charge is 0.481 e. The molecule has 0 amide bonds.